The molecule has 1 N–H and O–H groups in total. The molecular weight excluding hydrogens is 202 g/mol. The summed E-state index contributed by atoms with van der Waals surface area (Å²) in [6, 6.07) is 0.899. The van der Waals surface area contributed by atoms with E-state index in [1.54, 1.807) is 7.11 Å². The number of ether oxygens (including phenoxy) is 2. The van der Waals surface area contributed by atoms with Crippen molar-refractivity contribution in [2.24, 2.45) is 0 Å². The molecule has 0 bridgehead atoms. The molecule has 3 heteroatoms. The van der Waals surface area contributed by atoms with E-state index in [4.69, 9.17) is 9.47 Å². The lowest BCUT2D eigenvalue weighted by Gasteiger charge is -2.30. The van der Waals surface area contributed by atoms with Crippen LogP contribution < -0.4 is 5.32 Å². The maximum absolute atomic E-state index is 6.06. The SMILES string of the molecule is COCCC(C)NC1CC(C)(C)OC1(C)C. The van der Waals surface area contributed by atoms with E-state index in [-0.39, 0.29) is 11.2 Å². The quantitative estimate of drug-likeness (QED) is 0.785. The molecule has 0 aromatic rings. The summed E-state index contributed by atoms with van der Waals surface area (Å²) >= 11 is 0. The lowest BCUT2D eigenvalue weighted by molar-refractivity contribution is -0.0705. The fourth-order valence-electron chi connectivity index (χ4n) is 2.54. The van der Waals surface area contributed by atoms with Gasteiger partial charge in [0.05, 0.1) is 11.2 Å². The standard InChI is InChI=1S/C13H27NO2/c1-10(7-8-15-6)14-11-9-12(2,3)16-13(11,4)5/h10-11,14H,7-9H2,1-6H3. The molecule has 2 unspecified atom stereocenters. The molecule has 3 nitrogen and oxygen atoms in total. The van der Waals surface area contributed by atoms with Crippen molar-refractivity contribution in [3.63, 3.8) is 0 Å². The van der Waals surface area contributed by atoms with Gasteiger partial charge in [0, 0.05) is 25.8 Å². The van der Waals surface area contributed by atoms with Crippen LogP contribution in [-0.2, 0) is 9.47 Å². The van der Waals surface area contributed by atoms with Crippen LogP contribution in [0.5, 0.6) is 0 Å². The lowest BCUT2D eigenvalue weighted by Crippen LogP contribution is -2.47. The van der Waals surface area contributed by atoms with Gasteiger partial charge in [-0.25, -0.2) is 0 Å². The van der Waals surface area contributed by atoms with E-state index in [9.17, 15) is 0 Å². The monoisotopic (exact) mass is 229 g/mol. The Hall–Kier alpha value is -0.120. The van der Waals surface area contributed by atoms with Gasteiger partial charge in [0.2, 0.25) is 0 Å². The number of rotatable bonds is 5. The summed E-state index contributed by atoms with van der Waals surface area (Å²) in [4.78, 5) is 0. The summed E-state index contributed by atoms with van der Waals surface area (Å²) in [5.74, 6) is 0. The van der Waals surface area contributed by atoms with Crippen molar-refractivity contribution >= 4 is 0 Å². The van der Waals surface area contributed by atoms with Crippen LogP contribution in [0.15, 0.2) is 0 Å². The van der Waals surface area contributed by atoms with E-state index in [1.165, 1.54) is 0 Å². The van der Waals surface area contributed by atoms with Crippen LogP contribution in [-0.4, -0.2) is 37.0 Å². The summed E-state index contributed by atoms with van der Waals surface area (Å²) in [6.45, 7) is 11.7. The molecule has 0 radical (unpaired) electrons. The van der Waals surface area contributed by atoms with E-state index >= 15 is 0 Å². The second kappa shape index (κ2) is 5.03. The van der Waals surface area contributed by atoms with Crippen LogP contribution in [0.1, 0.15) is 47.5 Å². The summed E-state index contributed by atoms with van der Waals surface area (Å²) in [7, 11) is 1.75. The van der Waals surface area contributed by atoms with E-state index in [2.05, 4.69) is 39.9 Å². The highest BCUT2D eigenvalue weighted by molar-refractivity contribution is 4.99. The largest absolute Gasteiger partial charge is 0.385 e. The minimum absolute atomic E-state index is 0.0118. The molecule has 96 valence electrons. The molecule has 1 rings (SSSR count). The molecule has 1 aliphatic heterocycles. The van der Waals surface area contributed by atoms with Crippen molar-refractivity contribution < 1.29 is 9.47 Å². The van der Waals surface area contributed by atoms with Crippen LogP contribution in [0, 0.1) is 0 Å². The molecule has 0 amide bonds. The van der Waals surface area contributed by atoms with Gasteiger partial charge in [0.1, 0.15) is 0 Å². The molecular formula is C13H27NO2. The average molecular weight is 229 g/mol. The Bertz CT molecular complexity index is 226. The second-order valence-corrected chi connectivity index (χ2v) is 6.07. The Morgan fingerprint density at radius 3 is 2.44 bits per heavy atom. The highest BCUT2D eigenvalue weighted by Crippen LogP contribution is 2.37. The third-order valence-electron chi connectivity index (χ3n) is 3.31. The Balaban J connectivity index is 2.48. The van der Waals surface area contributed by atoms with Crippen molar-refractivity contribution in [3.8, 4) is 0 Å². The number of nitrogens with one attached hydrogen (secondary N) is 1. The topological polar surface area (TPSA) is 30.5 Å². The van der Waals surface area contributed by atoms with Crippen LogP contribution >= 0.6 is 0 Å². The van der Waals surface area contributed by atoms with Crippen molar-refractivity contribution in [2.75, 3.05) is 13.7 Å². The molecule has 0 spiro atoms. The fraction of sp³-hybridized carbons (Fsp3) is 1.00. The minimum atomic E-state index is -0.0785. The van der Waals surface area contributed by atoms with Crippen molar-refractivity contribution in [2.45, 2.75) is 70.7 Å². The maximum Gasteiger partial charge on any atom is 0.0787 e. The molecule has 1 saturated heterocycles. The first-order valence-corrected chi connectivity index (χ1v) is 6.22. The normalized spacial score (nSPS) is 29.2. The molecule has 0 aliphatic carbocycles. The maximum atomic E-state index is 6.06. The molecule has 1 heterocycles. The smallest absolute Gasteiger partial charge is 0.0787 e. The predicted octanol–water partition coefficient (Wildman–Crippen LogP) is 2.35. The zero-order valence-corrected chi connectivity index (χ0v) is 11.6. The van der Waals surface area contributed by atoms with Gasteiger partial charge in [0.25, 0.3) is 0 Å². The van der Waals surface area contributed by atoms with Gasteiger partial charge >= 0.3 is 0 Å². The van der Waals surface area contributed by atoms with Gasteiger partial charge in [0.15, 0.2) is 0 Å². The van der Waals surface area contributed by atoms with Gasteiger partial charge in [-0.15, -0.1) is 0 Å². The van der Waals surface area contributed by atoms with Gasteiger partial charge in [-0.05, 0) is 47.5 Å². The first-order valence-electron chi connectivity index (χ1n) is 6.22. The van der Waals surface area contributed by atoms with Crippen LogP contribution in [0.4, 0.5) is 0 Å². The summed E-state index contributed by atoms with van der Waals surface area (Å²) in [6.07, 6.45) is 2.11. The van der Waals surface area contributed by atoms with Gasteiger partial charge in [-0.2, -0.15) is 0 Å². The molecule has 16 heavy (non-hydrogen) atoms. The van der Waals surface area contributed by atoms with Gasteiger partial charge < -0.3 is 14.8 Å². The van der Waals surface area contributed by atoms with Crippen molar-refractivity contribution in [3.05, 3.63) is 0 Å². The number of hydrogen-bond acceptors (Lipinski definition) is 3. The molecule has 1 fully saturated rings. The third kappa shape index (κ3) is 3.72. The van der Waals surface area contributed by atoms with E-state index in [0.717, 1.165) is 19.4 Å². The fourth-order valence-corrected chi connectivity index (χ4v) is 2.54. The lowest BCUT2D eigenvalue weighted by atomic mass is 9.93. The molecule has 2 atom stereocenters. The summed E-state index contributed by atoms with van der Waals surface area (Å²) < 4.78 is 11.2. The molecule has 0 aromatic heterocycles. The van der Waals surface area contributed by atoms with Crippen molar-refractivity contribution in [1.29, 1.82) is 0 Å². The Morgan fingerprint density at radius 2 is 2.00 bits per heavy atom. The van der Waals surface area contributed by atoms with E-state index < -0.39 is 0 Å². The van der Waals surface area contributed by atoms with Gasteiger partial charge in [-0.3, -0.25) is 0 Å². The number of hydrogen-bond donors (Lipinski definition) is 1. The summed E-state index contributed by atoms with van der Waals surface area (Å²) in [5, 5.41) is 3.65. The molecule has 0 aromatic carbocycles. The van der Waals surface area contributed by atoms with Crippen LogP contribution in [0.2, 0.25) is 0 Å². The second-order valence-electron chi connectivity index (χ2n) is 6.07. The zero-order valence-electron chi connectivity index (χ0n) is 11.6. The van der Waals surface area contributed by atoms with Gasteiger partial charge in [-0.1, -0.05) is 0 Å². The predicted molar refractivity (Wildman–Crippen MR) is 66.7 cm³/mol. The first-order chi connectivity index (χ1) is 7.27. The number of methoxy groups -OCH3 is 1. The van der Waals surface area contributed by atoms with Crippen LogP contribution in [0.25, 0.3) is 0 Å². The first kappa shape index (κ1) is 13.9. The van der Waals surface area contributed by atoms with Crippen molar-refractivity contribution in [1.82, 2.24) is 5.32 Å². The Morgan fingerprint density at radius 1 is 1.38 bits per heavy atom. The minimum Gasteiger partial charge on any atom is -0.385 e. The average Bonchev–Trinajstić information content (AvgIpc) is 2.31. The highest BCUT2D eigenvalue weighted by Gasteiger charge is 2.45. The molecule has 1 aliphatic rings. The Kier molecular flexibility index (Phi) is 4.38. The van der Waals surface area contributed by atoms with Crippen LogP contribution in [0.3, 0.4) is 0 Å². The Labute approximate surface area is 99.9 Å². The molecule has 0 saturated carbocycles. The van der Waals surface area contributed by atoms with E-state index in [1.807, 2.05) is 0 Å². The zero-order chi connectivity index (χ0) is 12.4. The third-order valence-corrected chi connectivity index (χ3v) is 3.31. The van der Waals surface area contributed by atoms with E-state index in [0.29, 0.717) is 12.1 Å². The highest BCUT2D eigenvalue weighted by atomic mass is 16.5. The summed E-state index contributed by atoms with van der Waals surface area (Å²) in [5.41, 5.74) is -0.0903.